The lowest BCUT2D eigenvalue weighted by atomic mass is 10.1. The van der Waals surface area contributed by atoms with Gasteiger partial charge < -0.3 is 0 Å². The number of allylic oxidation sites excluding steroid dienone is 1. The number of nitrogens with zero attached hydrogens (tertiary/aromatic N) is 1. The summed E-state index contributed by atoms with van der Waals surface area (Å²) >= 11 is 1.36. The van der Waals surface area contributed by atoms with E-state index in [1.54, 1.807) is 17.7 Å². The highest BCUT2D eigenvalue weighted by Crippen LogP contribution is 2.09. The lowest BCUT2D eigenvalue weighted by Gasteiger charge is -1.93. The molecule has 2 aromatic rings. The fraction of sp³-hybridized carbons (Fsp3) is 0.0769. The molecule has 2 nitrogen and oxygen atoms in total. The Hall–Kier alpha value is -1.74. The van der Waals surface area contributed by atoms with Crippen molar-refractivity contribution >= 4 is 23.2 Å². The van der Waals surface area contributed by atoms with Crippen LogP contribution in [0.4, 0.5) is 0 Å². The second-order valence-electron chi connectivity index (χ2n) is 3.45. The van der Waals surface area contributed by atoms with Crippen LogP contribution < -0.4 is 0 Å². The van der Waals surface area contributed by atoms with E-state index in [2.05, 4.69) is 4.98 Å². The van der Waals surface area contributed by atoms with Gasteiger partial charge in [0.1, 0.15) is 0 Å². The van der Waals surface area contributed by atoms with E-state index in [1.807, 2.05) is 37.3 Å². The highest BCUT2D eigenvalue weighted by Gasteiger charge is 2.02. The molecule has 2 rings (SSSR count). The number of aromatic nitrogens is 1. The maximum atomic E-state index is 11.6. The summed E-state index contributed by atoms with van der Waals surface area (Å²) in [5.74, 6) is -0.0458. The fourth-order valence-electron chi connectivity index (χ4n) is 1.27. The molecule has 0 amide bonds. The van der Waals surface area contributed by atoms with Gasteiger partial charge in [0.05, 0.1) is 0 Å². The summed E-state index contributed by atoms with van der Waals surface area (Å²) in [6.45, 7) is 2.04. The Morgan fingerprint density at radius 3 is 2.69 bits per heavy atom. The molecule has 0 spiro atoms. The first-order valence-corrected chi connectivity index (χ1v) is 5.82. The minimum atomic E-state index is -0.0458. The first-order valence-electron chi connectivity index (χ1n) is 4.94. The van der Waals surface area contributed by atoms with Crippen molar-refractivity contribution in [1.82, 2.24) is 4.98 Å². The molecule has 80 valence electrons. The van der Waals surface area contributed by atoms with E-state index in [0.29, 0.717) is 5.01 Å². The molecular formula is C13H11NOS. The molecule has 0 aliphatic rings. The van der Waals surface area contributed by atoms with Gasteiger partial charge in [-0.1, -0.05) is 35.9 Å². The molecule has 3 heteroatoms. The summed E-state index contributed by atoms with van der Waals surface area (Å²) in [4.78, 5) is 15.6. The van der Waals surface area contributed by atoms with Gasteiger partial charge in [0.15, 0.2) is 5.01 Å². The number of aryl methyl sites for hydroxylation is 1. The van der Waals surface area contributed by atoms with Crippen LogP contribution in [-0.2, 0) is 0 Å². The lowest BCUT2D eigenvalue weighted by molar-refractivity contribution is 0.104. The summed E-state index contributed by atoms with van der Waals surface area (Å²) in [6, 6.07) is 8.02. The predicted octanol–water partition coefficient (Wildman–Crippen LogP) is 3.35. The molecule has 0 aliphatic carbocycles. The zero-order valence-corrected chi connectivity index (χ0v) is 9.70. The Morgan fingerprint density at radius 1 is 1.31 bits per heavy atom. The number of hydrogen-bond donors (Lipinski definition) is 0. The van der Waals surface area contributed by atoms with Crippen LogP contribution in [0.1, 0.15) is 20.9 Å². The van der Waals surface area contributed by atoms with Crippen LogP contribution in [0.25, 0.3) is 6.08 Å². The largest absolute Gasteiger partial charge is 0.287 e. The highest BCUT2D eigenvalue weighted by molar-refractivity contribution is 7.11. The topological polar surface area (TPSA) is 30.0 Å². The van der Waals surface area contributed by atoms with Crippen molar-refractivity contribution in [3.8, 4) is 0 Å². The second kappa shape index (κ2) is 4.86. The van der Waals surface area contributed by atoms with Crippen LogP contribution in [0.3, 0.4) is 0 Å². The smallest absolute Gasteiger partial charge is 0.214 e. The van der Waals surface area contributed by atoms with Gasteiger partial charge in [0, 0.05) is 11.6 Å². The molecule has 0 fully saturated rings. The van der Waals surface area contributed by atoms with Gasteiger partial charge in [-0.3, -0.25) is 4.79 Å². The second-order valence-corrected chi connectivity index (χ2v) is 4.34. The molecule has 0 saturated carbocycles. The summed E-state index contributed by atoms with van der Waals surface area (Å²) in [5.41, 5.74) is 2.24. The average Bonchev–Trinajstić information content (AvgIpc) is 2.81. The van der Waals surface area contributed by atoms with Crippen LogP contribution >= 0.6 is 11.3 Å². The minimum absolute atomic E-state index is 0.0458. The highest BCUT2D eigenvalue weighted by atomic mass is 32.1. The van der Waals surface area contributed by atoms with Crippen molar-refractivity contribution in [2.45, 2.75) is 6.92 Å². The molecule has 0 N–H and O–H groups in total. The summed E-state index contributed by atoms with van der Waals surface area (Å²) in [7, 11) is 0. The molecule has 0 unspecified atom stereocenters. The average molecular weight is 229 g/mol. The Balaban J connectivity index is 2.10. The molecular weight excluding hydrogens is 218 g/mol. The van der Waals surface area contributed by atoms with E-state index >= 15 is 0 Å². The minimum Gasteiger partial charge on any atom is -0.287 e. The van der Waals surface area contributed by atoms with Gasteiger partial charge in [-0.05, 0) is 18.6 Å². The van der Waals surface area contributed by atoms with Crippen LogP contribution in [0.15, 0.2) is 41.9 Å². The third-order valence-corrected chi connectivity index (χ3v) is 2.94. The van der Waals surface area contributed by atoms with Gasteiger partial charge >= 0.3 is 0 Å². The number of hydrogen-bond acceptors (Lipinski definition) is 3. The van der Waals surface area contributed by atoms with Gasteiger partial charge in [0.25, 0.3) is 0 Å². The van der Waals surface area contributed by atoms with Crippen molar-refractivity contribution in [2.75, 3.05) is 0 Å². The molecule has 0 bridgehead atoms. The molecule has 0 atom stereocenters. The standard InChI is InChI=1S/C13H11NOS/c1-10-2-4-11(5-3-10)6-7-12(15)13-14-8-9-16-13/h2-9H,1H3/b7-6+. The quantitative estimate of drug-likeness (QED) is 0.596. The van der Waals surface area contributed by atoms with Crippen LogP contribution in [0, 0.1) is 6.92 Å². The number of thiazole rings is 1. The van der Waals surface area contributed by atoms with Crippen molar-refractivity contribution in [3.63, 3.8) is 0 Å². The lowest BCUT2D eigenvalue weighted by Crippen LogP contribution is -1.91. The van der Waals surface area contributed by atoms with Gasteiger partial charge in [-0.25, -0.2) is 4.98 Å². The molecule has 16 heavy (non-hydrogen) atoms. The molecule has 1 aromatic carbocycles. The first-order chi connectivity index (χ1) is 7.75. The zero-order valence-electron chi connectivity index (χ0n) is 8.88. The molecule has 0 radical (unpaired) electrons. The van der Waals surface area contributed by atoms with Gasteiger partial charge in [-0.15, -0.1) is 11.3 Å². The van der Waals surface area contributed by atoms with E-state index in [4.69, 9.17) is 0 Å². The maximum absolute atomic E-state index is 11.6. The van der Waals surface area contributed by atoms with Crippen LogP contribution in [0.2, 0.25) is 0 Å². The van der Waals surface area contributed by atoms with Gasteiger partial charge in [-0.2, -0.15) is 0 Å². The Morgan fingerprint density at radius 2 is 2.06 bits per heavy atom. The van der Waals surface area contributed by atoms with Crippen molar-refractivity contribution in [2.24, 2.45) is 0 Å². The summed E-state index contributed by atoms with van der Waals surface area (Å²) in [6.07, 6.45) is 5.00. The van der Waals surface area contributed by atoms with Crippen LogP contribution in [0.5, 0.6) is 0 Å². The maximum Gasteiger partial charge on any atom is 0.214 e. The van der Waals surface area contributed by atoms with E-state index in [9.17, 15) is 4.79 Å². The fourth-order valence-corrected chi connectivity index (χ4v) is 1.82. The first kappa shape index (κ1) is 10.8. The molecule has 1 heterocycles. The number of rotatable bonds is 3. The third kappa shape index (κ3) is 2.64. The Bertz CT molecular complexity index is 497. The van der Waals surface area contributed by atoms with E-state index in [-0.39, 0.29) is 5.78 Å². The summed E-state index contributed by atoms with van der Waals surface area (Å²) in [5, 5.41) is 2.33. The number of carbonyl (C=O) groups excluding carboxylic acids is 1. The normalized spacial score (nSPS) is 10.8. The monoisotopic (exact) mass is 229 g/mol. The van der Waals surface area contributed by atoms with E-state index in [0.717, 1.165) is 5.56 Å². The molecule has 1 aromatic heterocycles. The third-order valence-electron chi connectivity index (χ3n) is 2.15. The van der Waals surface area contributed by atoms with Crippen molar-refractivity contribution < 1.29 is 4.79 Å². The van der Waals surface area contributed by atoms with E-state index in [1.165, 1.54) is 16.9 Å². The number of carbonyl (C=O) groups is 1. The van der Waals surface area contributed by atoms with Crippen molar-refractivity contribution in [1.29, 1.82) is 0 Å². The predicted molar refractivity (Wildman–Crippen MR) is 66.7 cm³/mol. The molecule has 0 saturated heterocycles. The zero-order chi connectivity index (χ0) is 11.4. The van der Waals surface area contributed by atoms with Gasteiger partial charge in [0.2, 0.25) is 5.78 Å². The molecule has 0 aliphatic heterocycles. The Kier molecular flexibility index (Phi) is 3.27. The number of benzene rings is 1. The van der Waals surface area contributed by atoms with E-state index < -0.39 is 0 Å². The Labute approximate surface area is 98.3 Å². The summed E-state index contributed by atoms with van der Waals surface area (Å²) < 4.78 is 0. The number of ketones is 1. The SMILES string of the molecule is Cc1ccc(/C=C/C(=O)c2nccs2)cc1. The van der Waals surface area contributed by atoms with Crippen LogP contribution in [-0.4, -0.2) is 10.8 Å². The van der Waals surface area contributed by atoms with Crippen molar-refractivity contribution in [3.05, 3.63) is 58.1 Å².